The van der Waals surface area contributed by atoms with Crippen LogP contribution in [0.4, 0.5) is 0 Å². The van der Waals surface area contributed by atoms with E-state index in [0.717, 1.165) is 4.31 Å². The van der Waals surface area contributed by atoms with Crippen LogP contribution in [0.5, 0.6) is 0 Å². The fourth-order valence-electron chi connectivity index (χ4n) is 2.04. The van der Waals surface area contributed by atoms with E-state index in [4.69, 9.17) is 28.3 Å². The third-order valence-corrected chi connectivity index (χ3v) is 7.22. The molecule has 0 unspecified atom stereocenters. The number of halogens is 2. The van der Waals surface area contributed by atoms with Crippen molar-refractivity contribution in [3.8, 4) is 0 Å². The fourth-order valence-corrected chi connectivity index (χ4v) is 5.55. The summed E-state index contributed by atoms with van der Waals surface area (Å²) in [5.74, 6) is 0. The molecule has 1 aliphatic rings. The molecule has 0 aromatic heterocycles. The first-order valence-corrected chi connectivity index (χ1v) is 9.40. The average Bonchev–Trinajstić information content (AvgIpc) is 2.77. The van der Waals surface area contributed by atoms with Crippen molar-refractivity contribution in [3.05, 3.63) is 28.2 Å². The highest BCUT2D eigenvalue weighted by Crippen LogP contribution is 2.33. The van der Waals surface area contributed by atoms with Gasteiger partial charge in [0, 0.05) is 13.1 Å². The molecule has 112 valence electrons. The van der Waals surface area contributed by atoms with E-state index in [1.165, 1.54) is 18.2 Å². The molecule has 0 bridgehead atoms. The largest absolute Gasteiger partial charge is 0.246 e. The van der Waals surface area contributed by atoms with E-state index in [-0.39, 0.29) is 34.5 Å². The lowest BCUT2D eigenvalue weighted by molar-refractivity contribution is 0.477. The molecule has 6 nitrogen and oxygen atoms in total. The highest BCUT2D eigenvalue weighted by molar-refractivity contribution is 7.90. The summed E-state index contributed by atoms with van der Waals surface area (Å²) in [6, 6.07) is 4.35. The van der Waals surface area contributed by atoms with Crippen molar-refractivity contribution >= 4 is 43.2 Å². The Bertz CT molecular complexity index is 713. The molecule has 1 heterocycles. The van der Waals surface area contributed by atoms with Gasteiger partial charge in [-0.25, -0.2) is 22.0 Å². The van der Waals surface area contributed by atoms with Gasteiger partial charge < -0.3 is 0 Å². The molecule has 0 amide bonds. The maximum Gasteiger partial charge on any atom is 0.246 e. The topological polar surface area (TPSA) is 97.5 Å². The normalized spacial score (nSPS) is 21.2. The number of nitrogens with two attached hydrogens (primary N) is 1. The second kappa shape index (κ2) is 5.43. The lowest BCUT2D eigenvalue weighted by Crippen LogP contribution is -2.34. The van der Waals surface area contributed by atoms with Crippen molar-refractivity contribution in [2.45, 2.75) is 16.6 Å². The van der Waals surface area contributed by atoms with E-state index >= 15 is 0 Å². The Morgan fingerprint density at radius 2 is 1.70 bits per heavy atom. The number of hydrogen-bond acceptors (Lipinski definition) is 4. The molecular weight excluding hydrogens is 347 g/mol. The summed E-state index contributed by atoms with van der Waals surface area (Å²) in [5.41, 5.74) is 0. The van der Waals surface area contributed by atoms with Crippen LogP contribution >= 0.6 is 23.2 Å². The molecule has 1 fully saturated rings. The zero-order valence-electron chi connectivity index (χ0n) is 10.2. The maximum atomic E-state index is 12.5. The van der Waals surface area contributed by atoms with Crippen molar-refractivity contribution < 1.29 is 16.8 Å². The van der Waals surface area contributed by atoms with Crippen molar-refractivity contribution in [3.63, 3.8) is 0 Å². The predicted octanol–water partition coefficient (Wildman–Crippen LogP) is 1.04. The average molecular weight is 359 g/mol. The summed E-state index contributed by atoms with van der Waals surface area (Å²) in [5, 5.41) is 4.13. The zero-order valence-corrected chi connectivity index (χ0v) is 13.3. The lowest BCUT2D eigenvalue weighted by atomic mass is 10.4. The highest BCUT2D eigenvalue weighted by Gasteiger charge is 2.38. The molecule has 20 heavy (non-hydrogen) atoms. The predicted molar refractivity (Wildman–Crippen MR) is 76.7 cm³/mol. The summed E-state index contributed by atoms with van der Waals surface area (Å²) in [6.45, 7) is -0.131. The molecule has 10 heteroatoms. The Morgan fingerprint density at radius 3 is 2.15 bits per heavy atom. The highest BCUT2D eigenvalue weighted by atomic mass is 35.5. The van der Waals surface area contributed by atoms with E-state index in [1.807, 2.05) is 0 Å². The van der Waals surface area contributed by atoms with Gasteiger partial charge in [-0.05, 0) is 18.6 Å². The Balaban J connectivity index is 2.39. The Hall–Kier alpha value is -0.380. The van der Waals surface area contributed by atoms with E-state index in [9.17, 15) is 16.8 Å². The van der Waals surface area contributed by atoms with Crippen molar-refractivity contribution in [1.29, 1.82) is 0 Å². The Labute approximate surface area is 127 Å². The standard InChI is InChI=1S/C10H12Cl2N2O4S2/c11-8-2-1-3-9(12)10(8)20(17,18)14-5-4-7(6-14)19(13,15)16/h1-3,7H,4-6H2,(H2,13,15,16)/t7-/m1/s1. The van der Waals surface area contributed by atoms with Gasteiger partial charge in [-0.15, -0.1) is 0 Å². The van der Waals surface area contributed by atoms with Crippen LogP contribution in [-0.4, -0.2) is 39.5 Å². The van der Waals surface area contributed by atoms with Gasteiger partial charge in [0.15, 0.2) is 0 Å². The summed E-state index contributed by atoms with van der Waals surface area (Å²) in [4.78, 5) is -0.210. The molecule has 1 saturated heterocycles. The molecule has 2 rings (SSSR count). The third-order valence-electron chi connectivity index (χ3n) is 3.09. The fraction of sp³-hybridized carbons (Fsp3) is 0.400. The second-order valence-electron chi connectivity index (χ2n) is 4.41. The van der Waals surface area contributed by atoms with Crippen LogP contribution in [0.15, 0.2) is 23.1 Å². The molecule has 1 atom stereocenters. The van der Waals surface area contributed by atoms with E-state index in [0.29, 0.717) is 0 Å². The van der Waals surface area contributed by atoms with Gasteiger partial charge in [0.2, 0.25) is 20.0 Å². The van der Waals surface area contributed by atoms with Crippen LogP contribution in [-0.2, 0) is 20.0 Å². The quantitative estimate of drug-likeness (QED) is 0.872. The summed E-state index contributed by atoms with van der Waals surface area (Å²) >= 11 is 11.8. The van der Waals surface area contributed by atoms with Crippen LogP contribution in [0.25, 0.3) is 0 Å². The Morgan fingerprint density at radius 1 is 1.15 bits per heavy atom. The summed E-state index contributed by atoms with van der Waals surface area (Å²) in [6.07, 6.45) is 0.153. The number of primary sulfonamides is 1. The number of sulfonamides is 2. The van der Waals surface area contributed by atoms with Gasteiger partial charge in [-0.2, -0.15) is 4.31 Å². The van der Waals surface area contributed by atoms with Gasteiger partial charge in [0.05, 0.1) is 15.3 Å². The van der Waals surface area contributed by atoms with Crippen LogP contribution in [0.3, 0.4) is 0 Å². The van der Waals surface area contributed by atoms with Gasteiger partial charge in [0.25, 0.3) is 0 Å². The molecule has 1 aromatic rings. The molecule has 0 saturated carbocycles. The zero-order chi connectivity index (χ0) is 15.1. The SMILES string of the molecule is NS(=O)(=O)[C@@H]1CCN(S(=O)(=O)c2c(Cl)cccc2Cl)C1. The van der Waals surface area contributed by atoms with Crippen LogP contribution in [0.1, 0.15) is 6.42 Å². The monoisotopic (exact) mass is 358 g/mol. The van der Waals surface area contributed by atoms with Crippen LogP contribution in [0, 0.1) is 0 Å². The molecule has 0 radical (unpaired) electrons. The van der Waals surface area contributed by atoms with Gasteiger partial charge >= 0.3 is 0 Å². The van der Waals surface area contributed by atoms with Gasteiger partial charge in [-0.3, -0.25) is 0 Å². The van der Waals surface area contributed by atoms with E-state index in [2.05, 4.69) is 0 Å². The summed E-state index contributed by atoms with van der Waals surface area (Å²) < 4.78 is 48.5. The first-order chi connectivity index (χ1) is 9.14. The molecule has 1 aliphatic heterocycles. The molecule has 0 spiro atoms. The molecule has 0 aliphatic carbocycles. The van der Waals surface area contributed by atoms with Gasteiger partial charge in [0.1, 0.15) is 4.90 Å². The second-order valence-corrected chi connectivity index (χ2v) is 8.95. The minimum Gasteiger partial charge on any atom is -0.228 e. The first-order valence-electron chi connectivity index (χ1n) is 5.60. The molecule has 1 aromatic carbocycles. The van der Waals surface area contributed by atoms with Crippen LogP contribution < -0.4 is 5.14 Å². The Kier molecular flexibility index (Phi) is 4.35. The third kappa shape index (κ3) is 2.95. The van der Waals surface area contributed by atoms with Crippen molar-refractivity contribution in [2.24, 2.45) is 5.14 Å². The summed E-state index contributed by atoms with van der Waals surface area (Å²) in [7, 11) is -7.71. The molecule has 2 N–H and O–H groups in total. The van der Waals surface area contributed by atoms with Gasteiger partial charge in [-0.1, -0.05) is 29.3 Å². The number of hydrogen-bond donors (Lipinski definition) is 1. The van der Waals surface area contributed by atoms with Crippen molar-refractivity contribution in [1.82, 2.24) is 4.31 Å². The first kappa shape index (κ1) is 16.0. The number of nitrogens with zero attached hydrogens (tertiary/aromatic N) is 1. The number of rotatable bonds is 3. The minimum atomic E-state index is -3.94. The van der Waals surface area contributed by atoms with E-state index < -0.39 is 25.3 Å². The maximum absolute atomic E-state index is 12.5. The lowest BCUT2D eigenvalue weighted by Gasteiger charge is -2.18. The van der Waals surface area contributed by atoms with Crippen molar-refractivity contribution in [2.75, 3.05) is 13.1 Å². The smallest absolute Gasteiger partial charge is 0.228 e. The minimum absolute atomic E-state index is 0.00319. The van der Waals surface area contributed by atoms with E-state index in [1.54, 1.807) is 0 Å². The number of benzene rings is 1. The molecular formula is C10H12Cl2N2O4S2. The van der Waals surface area contributed by atoms with Crippen LogP contribution in [0.2, 0.25) is 10.0 Å².